The van der Waals surface area contributed by atoms with Crippen molar-refractivity contribution in [1.29, 1.82) is 0 Å². The lowest BCUT2D eigenvalue weighted by Gasteiger charge is -2.30. The largest absolute Gasteiger partial charge is 0.396 e. The maximum atomic E-state index is 11.9. The monoisotopic (exact) mass is 302 g/mol. The number of benzene rings is 1. The van der Waals surface area contributed by atoms with Crippen LogP contribution >= 0.6 is 0 Å². The molecule has 2 N–H and O–H groups in total. The number of aliphatic hydroxyl groups excluding tert-OH is 1. The summed E-state index contributed by atoms with van der Waals surface area (Å²) in [6.45, 7) is 3.02. The number of nitrogens with one attached hydrogen (secondary N) is 1. The molecule has 3 rings (SSSR count). The number of hydrogen-bond acceptors (Lipinski definition) is 3. The highest BCUT2D eigenvalue weighted by Crippen LogP contribution is 2.32. The predicted octanol–water partition coefficient (Wildman–Crippen LogP) is 1.75. The second-order valence-electron chi connectivity index (χ2n) is 6.68. The number of aliphatic hydroxyl groups is 1. The van der Waals surface area contributed by atoms with E-state index in [0.29, 0.717) is 5.92 Å². The SMILES string of the molecule is O=C(CCO)N[C@H]1CN(CC2CCC2)C[C@@H]1c1ccccc1. The van der Waals surface area contributed by atoms with E-state index in [9.17, 15) is 4.79 Å². The Morgan fingerprint density at radius 3 is 2.64 bits per heavy atom. The molecule has 1 aliphatic carbocycles. The van der Waals surface area contributed by atoms with Crippen molar-refractivity contribution in [3.05, 3.63) is 35.9 Å². The minimum atomic E-state index is -0.0830. The summed E-state index contributed by atoms with van der Waals surface area (Å²) in [5, 5.41) is 12.1. The molecule has 1 amide bonds. The summed E-state index contributed by atoms with van der Waals surface area (Å²) < 4.78 is 0. The minimum absolute atomic E-state index is 0.0427. The molecule has 1 aliphatic heterocycles. The number of hydrogen-bond donors (Lipinski definition) is 2. The van der Waals surface area contributed by atoms with Gasteiger partial charge in [0.25, 0.3) is 0 Å². The zero-order chi connectivity index (χ0) is 15.4. The molecular weight excluding hydrogens is 276 g/mol. The minimum Gasteiger partial charge on any atom is -0.396 e. The van der Waals surface area contributed by atoms with Crippen LogP contribution in [0.15, 0.2) is 30.3 Å². The van der Waals surface area contributed by atoms with Crippen LogP contribution in [0.1, 0.15) is 37.2 Å². The first-order valence-corrected chi connectivity index (χ1v) is 8.44. The lowest BCUT2D eigenvalue weighted by Crippen LogP contribution is -2.40. The third-order valence-electron chi connectivity index (χ3n) is 5.05. The number of rotatable bonds is 6. The summed E-state index contributed by atoms with van der Waals surface area (Å²) in [6.07, 6.45) is 4.28. The molecule has 4 heteroatoms. The van der Waals surface area contributed by atoms with Crippen molar-refractivity contribution in [2.45, 2.75) is 37.6 Å². The molecule has 4 nitrogen and oxygen atoms in total. The highest BCUT2D eigenvalue weighted by Gasteiger charge is 2.36. The highest BCUT2D eigenvalue weighted by molar-refractivity contribution is 5.76. The van der Waals surface area contributed by atoms with Crippen molar-refractivity contribution in [3.63, 3.8) is 0 Å². The van der Waals surface area contributed by atoms with Gasteiger partial charge in [-0.3, -0.25) is 4.79 Å². The number of nitrogens with zero attached hydrogens (tertiary/aromatic N) is 1. The maximum absolute atomic E-state index is 11.9. The number of carbonyl (C=O) groups excluding carboxylic acids is 1. The van der Waals surface area contributed by atoms with E-state index in [1.807, 2.05) is 6.07 Å². The third kappa shape index (κ3) is 3.68. The number of likely N-dealkylation sites (tertiary alicyclic amines) is 1. The zero-order valence-electron chi connectivity index (χ0n) is 13.1. The fourth-order valence-electron chi connectivity index (χ4n) is 3.64. The van der Waals surface area contributed by atoms with Crippen LogP contribution in [0.3, 0.4) is 0 Å². The molecule has 1 saturated carbocycles. The van der Waals surface area contributed by atoms with Crippen LogP contribution in [0, 0.1) is 5.92 Å². The van der Waals surface area contributed by atoms with E-state index in [2.05, 4.69) is 34.5 Å². The Bertz CT molecular complexity index is 487. The Balaban J connectivity index is 1.67. The molecule has 0 aromatic heterocycles. The van der Waals surface area contributed by atoms with Gasteiger partial charge in [-0.1, -0.05) is 36.8 Å². The van der Waals surface area contributed by atoms with Crippen LogP contribution in [0.4, 0.5) is 0 Å². The molecule has 1 aromatic rings. The third-order valence-corrected chi connectivity index (χ3v) is 5.05. The second-order valence-corrected chi connectivity index (χ2v) is 6.68. The fourth-order valence-corrected chi connectivity index (χ4v) is 3.64. The topological polar surface area (TPSA) is 52.6 Å². The lowest BCUT2D eigenvalue weighted by molar-refractivity contribution is -0.122. The molecular formula is C18H26N2O2. The van der Waals surface area contributed by atoms with Crippen molar-refractivity contribution in [3.8, 4) is 0 Å². The Hall–Kier alpha value is -1.39. The smallest absolute Gasteiger partial charge is 0.222 e. The van der Waals surface area contributed by atoms with Gasteiger partial charge in [-0.25, -0.2) is 0 Å². The molecule has 2 aliphatic rings. The molecule has 0 bridgehead atoms. The van der Waals surface area contributed by atoms with Crippen LogP contribution in [0.5, 0.6) is 0 Å². The summed E-state index contributed by atoms with van der Waals surface area (Å²) in [6, 6.07) is 10.6. The van der Waals surface area contributed by atoms with E-state index in [1.54, 1.807) is 0 Å². The predicted molar refractivity (Wildman–Crippen MR) is 86.6 cm³/mol. The van der Waals surface area contributed by atoms with Crippen LogP contribution < -0.4 is 5.32 Å². The molecule has 2 atom stereocenters. The Labute approximate surface area is 132 Å². The molecule has 2 fully saturated rings. The number of amides is 1. The van der Waals surface area contributed by atoms with Gasteiger partial charge in [-0.15, -0.1) is 0 Å². The average molecular weight is 302 g/mol. The molecule has 1 heterocycles. The normalized spacial score (nSPS) is 25.9. The summed E-state index contributed by atoms with van der Waals surface area (Å²) in [4.78, 5) is 14.4. The lowest BCUT2D eigenvalue weighted by atomic mass is 9.85. The summed E-state index contributed by atoms with van der Waals surface area (Å²) >= 11 is 0. The van der Waals surface area contributed by atoms with E-state index in [0.717, 1.165) is 25.6 Å². The average Bonchev–Trinajstić information content (AvgIpc) is 2.87. The first-order valence-electron chi connectivity index (χ1n) is 8.44. The van der Waals surface area contributed by atoms with Crippen molar-refractivity contribution >= 4 is 5.91 Å². The van der Waals surface area contributed by atoms with Gasteiger partial charge >= 0.3 is 0 Å². The van der Waals surface area contributed by atoms with Gasteiger partial charge in [0.1, 0.15) is 0 Å². The highest BCUT2D eigenvalue weighted by atomic mass is 16.3. The molecule has 1 aromatic carbocycles. The first-order chi connectivity index (χ1) is 10.8. The van der Waals surface area contributed by atoms with E-state index in [-0.39, 0.29) is 25.0 Å². The van der Waals surface area contributed by atoms with Gasteiger partial charge in [-0.05, 0) is 24.3 Å². The van der Waals surface area contributed by atoms with Crippen molar-refractivity contribution in [2.24, 2.45) is 5.92 Å². The molecule has 0 spiro atoms. The maximum Gasteiger partial charge on any atom is 0.222 e. The summed E-state index contributed by atoms with van der Waals surface area (Å²) in [5.74, 6) is 1.16. The van der Waals surface area contributed by atoms with E-state index in [4.69, 9.17) is 5.11 Å². The van der Waals surface area contributed by atoms with E-state index < -0.39 is 0 Å². The summed E-state index contributed by atoms with van der Waals surface area (Å²) in [5.41, 5.74) is 1.30. The number of carbonyl (C=O) groups is 1. The first kappa shape index (κ1) is 15.5. The standard InChI is InChI=1S/C18H26N2O2/c21-10-9-18(22)19-17-13-20(11-14-5-4-6-14)12-16(17)15-7-2-1-3-8-15/h1-3,7-8,14,16-17,21H,4-6,9-13H2,(H,19,22)/t16-,17+/m1/s1. The van der Waals surface area contributed by atoms with Crippen molar-refractivity contribution < 1.29 is 9.90 Å². The van der Waals surface area contributed by atoms with Gasteiger partial charge in [0.2, 0.25) is 5.91 Å². The van der Waals surface area contributed by atoms with Crippen molar-refractivity contribution in [2.75, 3.05) is 26.2 Å². The van der Waals surface area contributed by atoms with Crippen molar-refractivity contribution in [1.82, 2.24) is 10.2 Å². The molecule has 0 radical (unpaired) electrons. The fraction of sp³-hybridized carbons (Fsp3) is 0.611. The quantitative estimate of drug-likeness (QED) is 0.842. The summed E-state index contributed by atoms with van der Waals surface area (Å²) in [7, 11) is 0. The van der Waals surface area contributed by atoms with Gasteiger partial charge in [0.15, 0.2) is 0 Å². The Morgan fingerprint density at radius 1 is 1.23 bits per heavy atom. The van der Waals surface area contributed by atoms with E-state index in [1.165, 1.54) is 24.8 Å². The Kier molecular flexibility index (Phi) is 5.11. The van der Waals surface area contributed by atoms with Gasteiger partial charge in [0.05, 0.1) is 6.61 Å². The van der Waals surface area contributed by atoms with Gasteiger partial charge < -0.3 is 15.3 Å². The van der Waals surface area contributed by atoms with Gasteiger partial charge in [-0.2, -0.15) is 0 Å². The molecule has 22 heavy (non-hydrogen) atoms. The molecule has 1 saturated heterocycles. The van der Waals surface area contributed by atoms with E-state index >= 15 is 0 Å². The van der Waals surface area contributed by atoms with Crippen LogP contribution in [0.25, 0.3) is 0 Å². The van der Waals surface area contributed by atoms with Crippen LogP contribution in [-0.2, 0) is 4.79 Å². The van der Waals surface area contributed by atoms with Crippen LogP contribution in [0.2, 0.25) is 0 Å². The molecule has 0 unspecified atom stereocenters. The second kappa shape index (κ2) is 7.25. The van der Waals surface area contributed by atoms with Crippen LogP contribution in [-0.4, -0.2) is 48.2 Å². The molecule has 120 valence electrons. The van der Waals surface area contributed by atoms with Gasteiger partial charge in [0, 0.05) is 38.0 Å². The zero-order valence-corrected chi connectivity index (χ0v) is 13.1. The Morgan fingerprint density at radius 2 is 2.00 bits per heavy atom.